The molecule has 0 aromatic heterocycles. The van der Waals surface area contributed by atoms with E-state index in [-0.39, 0.29) is 6.09 Å². The van der Waals surface area contributed by atoms with Gasteiger partial charge in [-0.3, -0.25) is 4.90 Å². The first-order chi connectivity index (χ1) is 6.38. The second-order valence-corrected chi connectivity index (χ2v) is 5.45. The van der Waals surface area contributed by atoms with Crippen molar-refractivity contribution in [1.29, 1.82) is 0 Å². The van der Waals surface area contributed by atoms with Crippen LogP contribution < -0.4 is 0 Å². The van der Waals surface area contributed by atoms with Gasteiger partial charge < -0.3 is 4.74 Å². The lowest BCUT2D eigenvalue weighted by Crippen LogP contribution is -2.34. The fraction of sp³-hybridized carbons (Fsp3) is 0.500. The van der Waals surface area contributed by atoms with Gasteiger partial charge in [0.2, 0.25) is 0 Å². The van der Waals surface area contributed by atoms with E-state index in [9.17, 15) is 4.79 Å². The standard InChI is InChI=1S/C10H14INO2/c1-10(2,3)14-9(13)12-6-4-5-8(11)7-12/h4-6H,7H2,1-3H3. The van der Waals surface area contributed by atoms with Crippen LogP contribution in [0.1, 0.15) is 20.8 Å². The molecule has 3 nitrogen and oxygen atoms in total. The van der Waals surface area contributed by atoms with Gasteiger partial charge in [-0.2, -0.15) is 0 Å². The van der Waals surface area contributed by atoms with Crippen LogP contribution in [0.5, 0.6) is 0 Å². The first kappa shape index (κ1) is 11.6. The van der Waals surface area contributed by atoms with E-state index in [1.165, 1.54) is 0 Å². The molecule has 1 aliphatic heterocycles. The second-order valence-electron chi connectivity index (χ2n) is 4.06. The van der Waals surface area contributed by atoms with Crippen molar-refractivity contribution in [3.8, 4) is 0 Å². The number of carbonyl (C=O) groups excluding carboxylic acids is 1. The van der Waals surface area contributed by atoms with Crippen molar-refractivity contribution in [2.24, 2.45) is 0 Å². The molecule has 14 heavy (non-hydrogen) atoms. The first-order valence-corrected chi connectivity index (χ1v) is 5.49. The number of ether oxygens (including phenoxy) is 1. The molecule has 0 N–H and O–H groups in total. The number of rotatable bonds is 0. The van der Waals surface area contributed by atoms with Crippen LogP contribution in [-0.2, 0) is 4.74 Å². The molecule has 1 aliphatic rings. The highest BCUT2D eigenvalue weighted by Crippen LogP contribution is 2.17. The molecule has 4 heteroatoms. The second kappa shape index (κ2) is 4.33. The molecule has 0 spiro atoms. The summed E-state index contributed by atoms with van der Waals surface area (Å²) in [4.78, 5) is 13.1. The maximum atomic E-state index is 11.6. The van der Waals surface area contributed by atoms with Crippen LogP contribution in [-0.4, -0.2) is 23.1 Å². The van der Waals surface area contributed by atoms with Crippen LogP contribution in [0.25, 0.3) is 0 Å². The summed E-state index contributed by atoms with van der Waals surface area (Å²) in [5.74, 6) is 0. The van der Waals surface area contributed by atoms with Crippen molar-refractivity contribution in [3.63, 3.8) is 0 Å². The molecule has 0 saturated carbocycles. The third-order valence-electron chi connectivity index (χ3n) is 1.49. The molecule has 0 bridgehead atoms. The summed E-state index contributed by atoms with van der Waals surface area (Å²) in [6.07, 6.45) is 5.25. The van der Waals surface area contributed by atoms with Gasteiger partial charge in [0.25, 0.3) is 0 Å². The molecule has 0 fully saturated rings. The lowest BCUT2D eigenvalue weighted by Gasteiger charge is -2.26. The molecule has 0 aliphatic carbocycles. The zero-order valence-electron chi connectivity index (χ0n) is 8.58. The fourth-order valence-electron chi connectivity index (χ4n) is 0.965. The van der Waals surface area contributed by atoms with Crippen molar-refractivity contribution in [2.75, 3.05) is 6.54 Å². The van der Waals surface area contributed by atoms with E-state index in [2.05, 4.69) is 22.6 Å². The van der Waals surface area contributed by atoms with Gasteiger partial charge in [-0.1, -0.05) is 0 Å². The van der Waals surface area contributed by atoms with Gasteiger partial charge in [-0.15, -0.1) is 0 Å². The Morgan fingerprint density at radius 2 is 2.21 bits per heavy atom. The van der Waals surface area contributed by atoms with Gasteiger partial charge >= 0.3 is 6.09 Å². The molecule has 78 valence electrons. The Balaban J connectivity index is 2.56. The van der Waals surface area contributed by atoms with Gasteiger partial charge in [-0.05, 0) is 55.5 Å². The lowest BCUT2D eigenvalue weighted by atomic mass is 10.2. The molecule has 0 unspecified atom stereocenters. The van der Waals surface area contributed by atoms with Gasteiger partial charge in [0.05, 0.1) is 6.54 Å². The van der Waals surface area contributed by atoms with Crippen molar-refractivity contribution in [1.82, 2.24) is 4.90 Å². The average Bonchev–Trinajstić information content (AvgIpc) is 2.01. The highest BCUT2D eigenvalue weighted by atomic mass is 127. The van der Waals surface area contributed by atoms with E-state index in [0.717, 1.165) is 3.58 Å². The normalized spacial score (nSPS) is 16.6. The van der Waals surface area contributed by atoms with Crippen molar-refractivity contribution in [3.05, 3.63) is 21.9 Å². The Bertz CT molecular complexity index is 289. The highest BCUT2D eigenvalue weighted by Gasteiger charge is 2.21. The number of hydrogen-bond donors (Lipinski definition) is 0. The van der Waals surface area contributed by atoms with E-state index in [4.69, 9.17) is 4.74 Å². The molecule has 0 aromatic carbocycles. The smallest absolute Gasteiger partial charge is 0.414 e. The predicted octanol–water partition coefficient (Wildman–Crippen LogP) is 3.07. The molecular weight excluding hydrogens is 293 g/mol. The van der Waals surface area contributed by atoms with Gasteiger partial charge in [0, 0.05) is 9.78 Å². The molecular formula is C10H14INO2. The Morgan fingerprint density at radius 3 is 2.71 bits per heavy atom. The third kappa shape index (κ3) is 3.69. The number of halogens is 1. The van der Waals surface area contributed by atoms with Crippen molar-refractivity contribution in [2.45, 2.75) is 26.4 Å². The van der Waals surface area contributed by atoms with E-state index < -0.39 is 5.60 Å². The predicted molar refractivity (Wildman–Crippen MR) is 64.2 cm³/mol. The number of amides is 1. The topological polar surface area (TPSA) is 29.5 Å². The largest absolute Gasteiger partial charge is 0.443 e. The molecule has 1 amide bonds. The number of nitrogens with zero attached hydrogens (tertiary/aromatic N) is 1. The Morgan fingerprint density at radius 1 is 1.57 bits per heavy atom. The van der Waals surface area contributed by atoms with E-state index in [1.54, 1.807) is 11.1 Å². The van der Waals surface area contributed by atoms with Crippen molar-refractivity contribution < 1.29 is 9.53 Å². The van der Waals surface area contributed by atoms with E-state index in [1.807, 2.05) is 32.9 Å². The minimum atomic E-state index is -0.433. The zero-order valence-corrected chi connectivity index (χ0v) is 10.7. The average molecular weight is 307 g/mol. The molecule has 0 radical (unpaired) electrons. The van der Waals surface area contributed by atoms with Crippen LogP contribution in [0, 0.1) is 0 Å². The fourth-order valence-corrected chi connectivity index (χ4v) is 1.54. The summed E-state index contributed by atoms with van der Waals surface area (Å²) in [6.45, 7) is 6.18. The van der Waals surface area contributed by atoms with Gasteiger partial charge in [-0.25, -0.2) is 4.79 Å². The Labute approximate surface area is 97.9 Å². The molecule has 0 atom stereocenters. The van der Waals surface area contributed by atoms with Crippen LogP contribution in [0.2, 0.25) is 0 Å². The maximum absolute atomic E-state index is 11.6. The maximum Gasteiger partial charge on any atom is 0.414 e. The number of allylic oxidation sites excluding steroid dienone is 2. The monoisotopic (exact) mass is 307 g/mol. The lowest BCUT2D eigenvalue weighted by molar-refractivity contribution is 0.0349. The highest BCUT2D eigenvalue weighted by molar-refractivity contribution is 14.1. The summed E-state index contributed by atoms with van der Waals surface area (Å²) in [5.41, 5.74) is -0.433. The number of carbonyl (C=O) groups is 1. The van der Waals surface area contributed by atoms with E-state index in [0.29, 0.717) is 6.54 Å². The van der Waals surface area contributed by atoms with Gasteiger partial charge in [0.15, 0.2) is 0 Å². The first-order valence-electron chi connectivity index (χ1n) is 4.41. The summed E-state index contributed by atoms with van der Waals surface area (Å²) in [5, 5.41) is 0. The summed E-state index contributed by atoms with van der Waals surface area (Å²) in [6, 6.07) is 0. The summed E-state index contributed by atoms with van der Waals surface area (Å²) in [7, 11) is 0. The minimum absolute atomic E-state index is 0.295. The summed E-state index contributed by atoms with van der Waals surface area (Å²) < 4.78 is 6.35. The Hall–Kier alpha value is -0.520. The Kier molecular flexibility index (Phi) is 3.58. The molecule has 1 rings (SSSR count). The molecule has 0 aromatic rings. The number of hydrogen-bond acceptors (Lipinski definition) is 2. The van der Waals surface area contributed by atoms with Crippen LogP contribution >= 0.6 is 22.6 Å². The third-order valence-corrected chi connectivity index (χ3v) is 2.19. The molecule has 1 heterocycles. The van der Waals surface area contributed by atoms with Crippen molar-refractivity contribution >= 4 is 28.7 Å². The SMILES string of the molecule is CC(C)(C)OC(=O)N1C=CC=C(I)C1. The summed E-state index contributed by atoms with van der Waals surface area (Å²) >= 11 is 2.20. The molecule has 0 saturated heterocycles. The van der Waals surface area contributed by atoms with Crippen LogP contribution in [0.4, 0.5) is 4.79 Å². The van der Waals surface area contributed by atoms with Crippen LogP contribution in [0.3, 0.4) is 0 Å². The minimum Gasteiger partial charge on any atom is -0.443 e. The van der Waals surface area contributed by atoms with E-state index >= 15 is 0 Å². The quantitative estimate of drug-likeness (QED) is 0.644. The zero-order chi connectivity index (χ0) is 10.8. The van der Waals surface area contributed by atoms with Gasteiger partial charge in [0.1, 0.15) is 5.60 Å². The van der Waals surface area contributed by atoms with Crippen LogP contribution in [0.15, 0.2) is 21.9 Å².